The van der Waals surface area contributed by atoms with E-state index in [2.05, 4.69) is 29.6 Å². The lowest BCUT2D eigenvalue weighted by Crippen LogP contribution is -2.43. The van der Waals surface area contributed by atoms with Gasteiger partial charge in [-0.05, 0) is 25.2 Å². The molecule has 0 heterocycles. The van der Waals surface area contributed by atoms with Crippen molar-refractivity contribution in [1.82, 2.24) is 10.7 Å². The lowest BCUT2D eigenvalue weighted by atomic mass is 10.2. The van der Waals surface area contributed by atoms with E-state index in [1.807, 2.05) is 6.92 Å². The normalized spacial score (nSPS) is 23.0. The van der Waals surface area contributed by atoms with Crippen LogP contribution in [0.2, 0.25) is 0 Å². The monoisotopic (exact) mass is 228 g/mol. The molecule has 0 radical (unpaired) electrons. The second-order valence-electron chi connectivity index (χ2n) is 4.81. The molecule has 1 aliphatic carbocycles. The van der Waals surface area contributed by atoms with E-state index in [4.69, 9.17) is 10.6 Å². The van der Waals surface area contributed by atoms with Gasteiger partial charge in [0.25, 0.3) is 0 Å². The van der Waals surface area contributed by atoms with Gasteiger partial charge in [0.05, 0.1) is 0 Å². The van der Waals surface area contributed by atoms with Crippen LogP contribution in [-0.2, 0) is 4.74 Å². The SMILES string of the molecule is CCOCCCN=C(NN)NC1CC1(C)C. The Kier molecular flexibility index (Phi) is 5.02. The largest absolute Gasteiger partial charge is 0.382 e. The van der Waals surface area contributed by atoms with Gasteiger partial charge in [0, 0.05) is 25.8 Å². The van der Waals surface area contributed by atoms with Crippen molar-refractivity contribution in [1.29, 1.82) is 0 Å². The van der Waals surface area contributed by atoms with Gasteiger partial charge in [-0.25, -0.2) is 5.84 Å². The number of rotatable bonds is 6. The first kappa shape index (κ1) is 13.3. The fourth-order valence-electron chi connectivity index (χ4n) is 1.51. The van der Waals surface area contributed by atoms with Crippen LogP contribution in [0.4, 0.5) is 0 Å². The summed E-state index contributed by atoms with van der Waals surface area (Å²) in [6.45, 7) is 8.71. The Morgan fingerprint density at radius 1 is 1.56 bits per heavy atom. The molecule has 1 unspecified atom stereocenters. The molecule has 1 fully saturated rings. The maximum absolute atomic E-state index is 5.40. The fourth-order valence-corrected chi connectivity index (χ4v) is 1.51. The fraction of sp³-hybridized carbons (Fsp3) is 0.909. The first-order valence-electron chi connectivity index (χ1n) is 5.95. The van der Waals surface area contributed by atoms with Gasteiger partial charge in [0.1, 0.15) is 0 Å². The summed E-state index contributed by atoms with van der Waals surface area (Å²) in [7, 11) is 0. The van der Waals surface area contributed by atoms with Gasteiger partial charge in [-0.1, -0.05) is 13.8 Å². The summed E-state index contributed by atoms with van der Waals surface area (Å²) >= 11 is 0. The molecule has 16 heavy (non-hydrogen) atoms. The summed E-state index contributed by atoms with van der Waals surface area (Å²) in [5.74, 6) is 6.09. The van der Waals surface area contributed by atoms with Crippen molar-refractivity contribution in [3.05, 3.63) is 0 Å². The molecule has 0 aromatic rings. The molecule has 5 heteroatoms. The number of hydrazine groups is 1. The van der Waals surface area contributed by atoms with Gasteiger partial charge in [-0.2, -0.15) is 0 Å². The minimum absolute atomic E-state index is 0.378. The van der Waals surface area contributed by atoms with E-state index in [1.165, 1.54) is 6.42 Å². The molecule has 4 N–H and O–H groups in total. The van der Waals surface area contributed by atoms with Crippen LogP contribution < -0.4 is 16.6 Å². The molecule has 0 spiro atoms. The van der Waals surface area contributed by atoms with Crippen LogP contribution in [0, 0.1) is 5.41 Å². The Balaban J connectivity index is 2.17. The van der Waals surface area contributed by atoms with Crippen molar-refractivity contribution in [2.45, 2.75) is 39.7 Å². The number of hydrogen-bond donors (Lipinski definition) is 3. The highest BCUT2D eigenvalue weighted by molar-refractivity contribution is 5.79. The van der Waals surface area contributed by atoms with E-state index in [0.29, 0.717) is 17.4 Å². The Bertz CT molecular complexity index is 240. The minimum Gasteiger partial charge on any atom is -0.382 e. The molecule has 1 rings (SSSR count). The smallest absolute Gasteiger partial charge is 0.205 e. The molecule has 1 aliphatic rings. The van der Waals surface area contributed by atoms with E-state index in [0.717, 1.165) is 26.2 Å². The van der Waals surface area contributed by atoms with Gasteiger partial charge in [-0.3, -0.25) is 10.4 Å². The van der Waals surface area contributed by atoms with Gasteiger partial charge in [0.2, 0.25) is 5.96 Å². The minimum atomic E-state index is 0.378. The molecule has 0 aromatic carbocycles. The molecule has 1 atom stereocenters. The quantitative estimate of drug-likeness (QED) is 0.205. The third-order valence-corrected chi connectivity index (χ3v) is 2.88. The van der Waals surface area contributed by atoms with Gasteiger partial charge >= 0.3 is 0 Å². The molecular weight excluding hydrogens is 204 g/mol. The van der Waals surface area contributed by atoms with Crippen LogP contribution in [0.1, 0.15) is 33.6 Å². The van der Waals surface area contributed by atoms with Crippen LogP contribution in [0.5, 0.6) is 0 Å². The van der Waals surface area contributed by atoms with Crippen molar-refractivity contribution >= 4 is 5.96 Å². The molecule has 0 saturated heterocycles. The lowest BCUT2D eigenvalue weighted by Gasteiger charge is -2.10. The predicted octanol–water partition coefficient (Wildman–Crippen LogP) is 0.620. The standard InChI is InChI=1S/C11H24N4O/c1-4-16-7-5-6-13-10(15-12)14-9-8-11(9,2)3/h9H,4-8,12H2,1-3H3,(H2,13,14,15). The molecule has 1 saturated carbocycles. The summed E-state index contributed by atoms with van der Waals surface area (Å²) in [5.41, 5.74) is 2.98. The summed E-state index contributed by atoms with van der Waals surface area (Å²) in [6, 6.07) is 0.495. The topological polar surface area (TPSA) is 71.7 Å². The Hall–Kier alpha value is -0.810. The van der Waals surface area contributed by atoms with E-state index < -0.39 is 0 Å². The average molecular weight is 228 g/mol. The molecule has 0 aliphatic heterocycles. The number of guanidine groups is 1. The zero-order chi connectivity index (χ0) is 12.0. The molecule has 5 nitrogen and oxygen atoms in total. The third kappa shape index (κ3) is 4.37. The number of ether oxygens (including phenoxy) is 1. The Morgan fingerprint density at radius 2 is 2.25 bits per heavy atom. The highest BCUT2D eigenvalue weighted by atomic mass is 16.5. The van der Waals surface area contributed by atoms with Crippen LogP contribution in [-0.4, -0.2) is 31.8 Å². The van der Waals surface area contributed by atoms with Gasteiger partial charge < -0.3 is 10.1 Å². The van der Waals surface area contributed by atoms with Gasteiger partial charge in [0.15, 0.2) is 0 Å². The van der Waals surface area contributed by atoms with Gasteiger partial charge in [-0.15, -0.1) is 0 Å². The number of aliphatic imine (C=N–C) groups is 1. The zero-order valence-electron chi connectivity index (χ0n) is 10.5. The van der Waals surface area contributed by atoms with E-state index >= 15 is 0 Å². The van der Waals surface area contributed by atoms with E-state index in [-0.39, 0.29) is 0 Å². The van der Waals surface area contributed by atoms with Crippen LogP contribution in [0.3, 0.4) is 0 Å². The molecule has 0 bridgehead atoms. The Morgan fingerprint density at radius 3 is 2.75 bits per heavy atom. The van der Waals surface area contributed by atoms with Crippen LogP contribution in [0.25, 0.3) is 0 Å². The highest BCUT2D eigenvalue weighted by Gasteiger charge is 2.46. The second kappa shape index (κ2) is 6.06. The number of nitrogens with two attached hydrogens (primary N) is 1. The van der Waals surface area contributed by atoms with E-state index in [1.54, 1.807) is 0 Å². The van der Waals surface area contributed by atoms with Crippen molar-refractivity contribution in [2.75, 3.05) is 19.8 Å². The highest BCUT2D eigenvalue weighted by Crippen LogP contribution is 2.44. The number of nitrogens with zero attached hydrogens (tertiary/aromatic N) is 1. The zero-order valence-corrected chi connectivity index (χ0v) is 10.5. The summed E-state index contributed by atoms with van der Waals surface area (Å²) in [4.78, 5) is 4.35. The second-order valence-corrected chi connectivity index (χ2v) is 4.81. The third-order valence-electron chi connectivity index (χ3n) is 2.88. The summed E-state index contributed by atoms with van der Waals surface area (Å²) in [5, 5.41) is 3.29. The van der Waals surface area contributed by atoms with Crippen molar-refractivity contribution in [2.24, 2.45) is 16.3 Å². The van der Waals surface area contributed by atoms with Crippen molar-refractivity contribution in [3.8, 4) is 0 Å². The maximum Gasteiger partial charge on any atom is 0.205 e. The Labute approximate surface area is 97.8 Å². The number of nitrogens with one attached hydrogen (secondary N) is 2. The van der Waals surface area contributed by atoms with Crippen molar-refractivity contribution < 1.29 is 4.74 Å². The summed E-state index contributed by atoms with van der Waals surface area (Å²) < 4.78 is 5.23. The average Bonchev–Trinajstić information content (AvgIpc) is 2.84. The maximum atomic E-state index is 5.40. The first-order chi connectivity index (χ1) is 7.60. The molecule has 94 valence electrons. The van der Waals surface area contributed by atoms with Crippen LogP contribution in [0.15, 0.2) is 4.99 Å². The van der Waals surface area contributed by atoms with E-state index in [9.17, 15) is 0 Å². The lowest BCUT2D eigenvalue weighted by molar-refractivity contribution is 0.146. The summed E-state index contributed by atoms with van der Waals surface area (Å²) in [6.07, 6.45) is 2.10. The van der Waals surface area contributed by atoms with Crippen molar-refractivity contribution in [3.63, 3.8) is 0 Å². The molecule has 0 amide bonds. The molecule has 0 aromatic heterocycles. The molecular formula is C11H24N4O. The number of hydrogen-bond acceptors (Lipinski definition) is 3. The van der Waals surface area contributed by atoms with Crippen LogP contribution >= 0.6 is 0 Å². The first-order valence-corrected chi connectivity index (χ1v) is 5.95. The predicted molar refractivity (Wildman–Crippen MR) is 66.1 cm³/mol.